The predicted octanol–water partition coefficient (Wildman–Crippen LogP) is 4.14. The number of halogens is 3. The van der Waals surface area contributed by atoms with Gasteiger partial charge in [-0.3, -0.25) is 15.0 Å². The number of hydrogen-bond acceptors (Lipinski definition) is 6. The third-order valence-corrected chi connectivity index (χ3v) is 6.04. The number of aliphatic carboxylic acids is 1. The minimum atomic E-state index is -5.08. The quantitative estimate of drug-likeness (QED) is 0.244. The Labute approximate surface area is 223 Å². The molecule has 11 nitrogen and oxygen atoms in total. The van der Waals surface area contributed by atoms with E-state index in [1.807, 2.05) is 18.2 Å². The predicted molar refractivity (Wildman–Crippen MR) is 134 cm³/mol. The van der Waals surface area contributed by atoms with E-state index >= 15 is 0 Å². The normalized spacial score (nSPS) is 16.2. The van der Waals surface area contributed by atoms with Crippen LogP contribution in [0.25, 0.3) is 11.0 Å². The molecule has 0 fully saturated rings. The summed E-state index contributed by atoms with van der Waals surface area (Å²) in [7, 11) is 1.56. The van der Waals surface area contributed by atoms with Crippen molar-refractivity contribution in [1.29, 1.82) is 0 Å². The number of alkyl halides is 3. The first kappa shape index (κ1) is 27.9. The maximum absolute atomic E-state index is 13.4. The SMILES string of the molecule is COc1ccccc1CN1C(=O)c2ccccc2C1(O)c1ccc2nc(NC(=O)O)[nH]c2c1.O=C(O)C(F)(F)F. The van der Waals surface area contributed by atoms with Crippen molar-refractivity contribution < 1.29 is 47.6 Å². The molecule has 0 bridgehead atoms. The van der Waals surface area contributed by atoms with Crippen molar-refractivity contribution in [3.05, 3.63) is 89.0 Å². The summed E-state index contributed by atoms with van der Waals surface area (Å²) in [4.78, 5) is 41.7. The van der Waals surface area contributed by atoms with Crippen LogP contribution < -0.4 is 10.1 Å². The summed E-state index contributed by atoms with van der Waals surface area (Å²) in [5, 5.41) is 30.4. The third kappa shape index (κ3) is 5.24. The summed E-state index contributed by atoms with van der Waals surface area (Å²) < 4.78 is 37.2. The maximum atomic E-state index is 13.4. The van der Waals surface area contributed by atoms with Gasteiger partial charge in [0.2, 0.25) is 5.95 Å². The van der Waals surface area contributed by atoms with Gasteiger partial charge in [0.25, 0.3) is 5.91 Å². The Kier molecular flexibility index (Phi) is 7.38. The molecule has 0 saturated carbocycles. The van der Waals surface area contributed by atoms with E-state index in [4.69, 9.17) is 19.7 Å². The van der Waals surface area contributed by atoms with Crippen molar-refractivity contribution in [1.82, 2.24) is 14.9 Å². The van der Waals surface area contributed by atoms with Crippen LogP contribution in [0.5, 0.6) is 5.75 Å². The average molecular weight is 558 g/mol. The number of aliphatic hydroxyl groups is 1. The van der Waals surface area contributed by atoms with E-state index in [2.05, 4.69) is 15.3 Å². The first-order valence-electron chi connectivity index (χ1n) is 11.4. The van der Waals surface area contributed by atoms with Crippen molar-refractivity contribution >= 4 is 35.0 Å². The number of ether oxygens (including phenoxy) is 1. The van der Waals surface area contributed by atoms with Crippen molar-refractivity contribution in [2.24, 2.45) is 0 Å². The summed E-state index contributed by atoms with van der Waals surface area (Å²) in [6, 6.07) is 19.3. The minimum Gasteiger partial charge on any atom is -0.496 e. The fourth-order valence-electron chi connectivity index (χ4n) is 4.30. The molecular weight excluding hydrogens is 537 g/mol. The van der Waals surface area contributed by atoms with Crippen LogP contribution in [-0.4, -0.2) is 61.4 Å². The lowest BCUT2D eigenvalue weighted by Crippen LogP contribution is -2.44. The molecule has 208 valence electrons. The first-order chi connectivity index (χ1) is 18.9. The molecule has 2 amide bonds. The lowest BCUT2D eigenvalue weighted by molar-refractivity contribution is -0.192. The van der Waals surface area contributed by atoms with Crippen LogP contribution in [0.2, 0.25) is 0 Å². The van der Waals surface area contributed by atoms with Gasteiger partial charge in [0, 0.05) is 22.3 Å². The van der Waals surface area contributed by atoms with Crippen LogP contribution in [0.15, 0.2) is 66.7 Å². The Morgan fingerprint density at radius 2 is 1.73 bits per heavy atom. The Bertz CT molecular complexity index is 1600. The van der Waals surface area contributed by atoms with Crippen LogP contribution in [0.4, 0.5) is 23.9 Å². The minimum absolute atomic E-state index is 0.0652. The fraction of sp³-hybridized carbons (Fsp3) is 0.154. The number of imidazole rings is 1. The number of nitrogens with one attached hydrogen (secondary N) is 2. The number of H-pyrrole nitrogens is 1. The van der Waals surface area contributed by atoms with E-state index in [1.54, 1.807) is 55.6 Å². The van der Waals surface area contributed by atoms with Gasteiger partial charge in [-0.05, 0) is 24.3 Å². The molecule has 0 spiro atoms. The summed E-state index contributed by atoms with van der Waals surface area (Å²) in [6.45, 7) is 0.112. The summed E-state index contributed by atoms with van der Waals surface area (Å²) in [6.07, 6.45) is -6.33. The van der Waals surface area contributed by atoms with Gasteiger partial charge in [-0.25, -0.2) is 14.6 Å². The Hall–Kier alpha value is -5.11. The van der Waals surface area contributed by atoms with Gasteiger partial charge >= 0.3 is 18.2 Å². The molecular formula is C26H21F3N4O7. The Balaban J connectivity index is 0.000000470. The highest BCUT2D eigenvalue weighted by Crippen LogP contribution is 2.44. The molecule has 1 aliphatic heterocycles. The second-order valence-corrected chi connectivity index (χ2v) is 8.47. The Morgan fingerprint density at radius 1 is 1.07 bits per heavy atom. The molecule has 0 radical (unpaired) electrons. The van der Waals surface area contributed by atoms with Crippen LogP contribution in [-0.2, 0) is 17.1 Å². The molecule has 40 heavy (non-hydrogen) atoms. The third-order valence-electron chi connectivity index (χ3n) is 6.04. The number of carboxylic acid groups (broad SMARTS) is 2. The lowest BCUT2D eigenvalue weighted by atomic mass is 9.93. The monoisotopic (exact) mass is 558 g/mol. The molecule has 3 aromatic carbocycles. The van der Waals surface area contributed by atoms with Gasteiger partial charge in [0.15, 0.2) is 5.72 Å². The Morgan fingerprint density at radius 3 is 2.38 bits per heavy atom. The number of methoxy groups -OCH3 is 1. The standard InChI is InChI=1S/C24H20N4O5.C2HF3O2/c1-33-20-9-5-2-6-14(20)13-28-21(29)16-7-3-4-8-17(16)24(28,32)15-10-11-18-19(12-15)26-22(25-18)27-23(30)31;3-2(4,5)1(6)7/h2-12,32H,13H2,1H3,(H,30,31)(H2,25,26,27);(H,6,7). The summed E-state index contributed by atoms with van der Waals surface area (Å²) in [5.74, 6) is -2.39. The van der Waals surface area contributed by atoms with E-state index in [1.165, 1.54) is 4.90 Å². The topological polar surface area (TPSA) is 165 Å². The molecule has 14 heteroatoms. The van der Waals surface area contributed by atoms with Crippen molar-refractivity contribution in [2.75, 3.05) is 12.4 Å². The van der Waals surface area contributed by atoms with Crippen LogP contribution in [0.1, 0.15) is 27.0 Å². The smallest absolute Gasteiger partial charge is 0.490 e. The number of carbonyl (C=O) groups is 3. The number of carboxylic acids is 1. The number of aromatic nitrogens is 2. The lowest BCUT2D eigenvalue weighted by Gasteiger charge is -2.35. The van der Waals surface area contributed by atoms with E-state index in [0.717, 1.165) is 5.56 Å². The van der Waals surface area contributed by atoms with Gasteiger partial charge in [-0.1, -0.05) is 42.5 Å². The van der Waals surface area contributed by atoms with Gasteiger partial charge in [0.1, 0.15) is 5.75 Å². The van der Waals surface area contributed by atoms with Crippen LogP contribution >= 0.6 is 0 Å². The first-order valence-corrected chi connectivity index (χ1v) is 11.4. The van der Waals surface area contributed by atoms with Gasteiger partial charge < -0.3 is 25.0 Å². The van der Waals surface area contributed by atoms with Crippen molar-refractivity contribution in [3.63, 3.8) is 0 Å². The molecule has 1 aromatic heterocycles. The molecule has 2 heterocycles. The number of rotatable bonds is 5. The highest BCUT2D eigenvalue weighted by Gasteiger charge is 2.50. The zero-order chi connectivity index (χ0) is 29.2. The molecule has 0 aliphatic carbocycles. The number of amides is 2. The number of hydrogen-bond donors (Lipinski definition) is 5. The van der Waals surface area contributed by atoms with E-state index in [-0.39, 0.29) is 18.4 Å². The van der Waals surface area contributed by atoms with Gasteiger partial charge in [0.05, 0.1) is 24.7 Å². The van der Waals surface area contributed by atoms with E-state index in [9.17, 15) is 27.9 Å². The summed E-state index contributed by atoms with van der Waals surface area (Å²) >= 11 is 0. The number of benzene rings is 3. The summed E-state index contributed by atoms with van der Waals surface area (Å²) in [5.41, 5.74) is 1.33. The molecule has 4 aromatic rings. The molecule has 5 rings (SSSR count). The fourth-order valence-corrected chi connectivity index (χ4v) is 4.30. The van der Waals surface area contributed by atoms with E-state index in [0.29, 0.717) is 33.5 Å². The molecule has 5 N–H and O–H groups in total. The van der Waals surface area contributed by atoms with Crippen LogP contribution in [0.3, 0.4) is 0 Å². The number of aromatic amines is 1. The molecule has 1 aliphatic rings. The second kappa shape index (κ2) is 10.6. The number of anilines is 1. The van der Waals surface area contributed by atoms with Crippen LogP contribution in [0, 0.1) is 0 Å². The number of para-hydroxylation sites is 1. The molecule has 1 unspecified atom stereocenters. The highest BCUT2D eigenvalue weighted by atomic mass is 19.4. The van der Waals surface area contributed by atoms with Crippen molar-refractivity contribution in [2.45, 2.75) is 18.4 Å². The number of carbonyl (C=O) groups excluding carboxylic acids is 1. The molecule has 1 atom stereocenters. The zero-order valence-corrected chi connectivity index (χ0v) is 20.6. The van der Waals surface area contributed by atoms with Gasteiger partial charge in [-0.2, -0.15) is 13.2 Å². The molecule has 0 saturated heterocycles. The highest BCUT2D eigenvalue weighted by molar-refractivity contribution is 6.00. The second-order valence-electron chi connectivity index (χ2n) is 8.47. The average Bonchev–Trinajstić information content (AvgIpc) is 3.40. The largest absolute Gasteiger partial charge is 0.496 e. The number of nitrogens with zero attached hydrogens (tertiary/aromatic N) is 2. The van der Waals surface area contributed by atoms with E-state index < -0.39 is 24.0 Å². The van der Waals surface area contributed by atoms with Crippen molar-refractivity contribution in [3.8, 4) is 5.75 Å². The zero-order valence-electron chi connectivity index (χ0n) is 20.6. The number of fused-ring (bicyclic) bond motifs is 2. The maximum Gasteiger partial charge on any atom is 0.490 e. The van der Waals surface area contributed by atoms with Gasteiger partial charge in [-0.15, -0.1) is 0 Å².